The summed E-state index contributed by atoms with van der Waals surface area (Å²) < 4.78 is 12.1. The molecule has 2 aromatic carbocycles. The molecule has 0 saturated carbocycles. The van der Waals surface area contributed by atoms with Crippen LogP contribution in [0.2, 0.25) is 0 Å². The molecular weight excluding hydrogens is 550 g/mol. The van der Waals surface area contributed by atoms with Gasteiger partial charge in [-0.05, 0) is 50.9 Å². The summed E-state index contributed by atoms with van der Waals surface area (Å²) >= 11 is 0. The fourth-order valence-corrected chi connectivity index (χ4v) is 4.21. The summed E-state index contributed by atoms with van der Waals surface area (Å²) in [5, 5.41) is 17.3. The number of hydrogen-bond acceptors (Lipinski definition) is 11. The number of para-hydroxylation sites is 2. The summed E-state index contributed by atoms with van der Waals surface area (Å²) in [5.41, 5.74) is 3.75. The van der Waals surface area contributed by atoms with Crippen molar-refractivity contribution in [2.45, 2.75) is 12.6 Å². The van der Waals surface area contributed by atoms with Gasteiger partial charge in [-0.15, -0.1) is 0 Å². The van der Waals surface area contributed by atoms with Crippen LogP contribution in [0.25, 0.3) is 5.69 Å². The van der Waals surface area contributed by atoms with Crippen LogP contribution in [0.3, 0.4) is 0 Å². The first kappa shape index (κ1) is 30.5. The molecule has 0 radical (unpaired) electrons. The van der Waals surface area contributed by atoms with Gasteiger partial charge < -0.3 is 30.7 Å². The Balaban J connectivity index is 1.52. The van der Waals surface area contributed by atoms with Crippen molar-refractivity contribution in [3.63, 3.8) is 0 Å². The van der Waals surface area contributed by atoms with Crippen LogP contribution in [0.15, 0.2) is 79.9 Å². The Labute approximate surface area is 249 Å². The van der Waals surface area contributed by atoms with Crippen LogP contribution in [0.1, 0.15) is 16.8 Å². The molecule has 1 atom stereocenters. The number of anilines is 5. The van der Waals surface area contributed by atoms with Gasteiger partial charge in [-0.25, -0.2) is 19.4 Å². The molecule has 13 heteroatoms. The van der Waals surface area contributed by atoms with Crippen LogP contribution in [0, 0.1) is 0 Å². The lowest BCUT2D eigenvalue weighted by Gasteiger charge is -2.28. The van der Waals surface area contributed by atoms with Gasteiger partial charge in [0, 0.05) is 37.4 Å². The van der Waals surface area contributed by atoms with Crippen LogP contribution in [-0.2, 0) is 9.53 Å². The van der Waals surface area contributed by atoms with E-state index in [1.807, 2.05) is 55.3 Å². The quantitative estimate of drug-likeness (QED) is 0.0962. The van der Waals surface area contributed by atoms with Gasteiger partial charge in [-0.1, -0.05) is 18.7 Å². The summed E-state index contributed by atoms with van der Waals surface area (Å²) in [5.74, 6) is -0.207. The number of methoxy groups -OCH3 is 2. The maximum absolute atomic E-state index is 12.3. The molecule has 0 saturated heterocycles. The number of carbonyl (C=O) groups is 2. The van der Waals surface area contributed by atoms with Crippen LogP contribution >= 0.6 is 0 Å². The lowest BCUT2D eigenvalue weighted by molar-refractivity contribution is -0.111. The van der Waals surface area contributed by atoms with Crippen LogP contribution in [0.5, 0.6) is 5.75 Å². The number of esters is 1. The largest absolute Gasteiger partial charge is 0.494 e. The third-order valence-electron chi connectivity index (χ3n) is 6.44. The minimum atomic E-state index is -0.539. The highest BCUT2D eigenvalue weighted by atomic mass is 16.5. The molecule has 0 aliphatic rings. The third-order valence-corrected chi connectivity index (χ3v) is 6.44. The Morgan fingerprint density at radius 2 is 1.81 bits per heavy atom. The van der Waals surface area contributed by atoms with Crippen molar-refractivity contribution in [1.29, 1.82) is 0 Å². The maximum atomic E-state index is 12.3. The van der Waals surface area contributed by atoms with E-state index in [2.05, 4.69) is 47.8 Å². The molecule has 43 heavy (non-hydrogen) atoms. The normalized spacial score (nSPS) is 11.4. The van der Waals surface area contributed by atoms with Crippen LogP contribution in [-0.4, -0.2) is 77.6 Å². The molecule has 2 aromatic heterocycles. The molecule has 4 aromatic rings. The standard InChI is InChI=1S/C30H35N9O4/c1-6-28(40)36-23-16-24(37-30-32-18-20(19-33-30)29(41)43-5)26(42-4)17-22(23)31-14-12-27(38(2)3)35-21-10-7-8-11-25(21)39-15-9-13-34-39/h6-11,13,15-19,27,31,35H,1,12,14H2,2-5H3,(H,36,40)(H,32,33,37). The first-order valence-electron chi connectivity index (χ1n) is 13.4. The van der Waals surface area contributed by atoms with Gasteiger partial charge >= 0.3 is 5.97 Å². The Hall–Kier alpha value is -5.43. The SMILES string of the molecule is C=CC(=O)Nc1cc(Nc2ncc(C(=O)OC)cn2)c(OC)cc1NCCC(Nc1ccccc1-n1cccn1)N(C)C. The van der Waals surface area contributed by atoms with Crippen LogP contribution < -0.4 is 26.0 Å². The van der Waals surface area contributed by atoms with E-state index in [9.17, 15) is 9.59 Å². The predicted octanol–water partition coefficient (Wildman–Crippen LogP) is 4.13. The van der Waals surface area contributed by atoms with Crippen molar-refractivity contribution in [3.05, 3.63) is 85.5 Å². The molecule has 4 rings (SSSR count). The van der Waals surface area contributed by atoms with Gasteiger partial charge in [-0.3, -0.25) is 9.69 Å². The first-order chi connectivity index (χ1) is 20.8. The average molecular weight is 586 g/mol. The van der Waals surface area contributed by atoms with E-state index < -0.39 is 5.97 Å². The van der Waals surface area contributed by atoms with E-state index >= 15 is 0 Å². The van der Waals surface area contributed by atoms with E-state index in [1.165, 1.54) is 32.7 Å². The number of hydrogen-bond donors (Lipinski definition) is 4. The Morgan fingerprint density at radius 1 is 1.05 bits per heavy atom. The Morgan fingerprint density at radius 3 is 2.47 bits per heavy atom. The second-order valence-electron chi connectivity index (χ2n) is 9.51. The van der Waals surface area contributed by atoms with Gasteiger partial charge in [0.05, 0.1) is 54.4 Å². The molecule has 1 amide bonds. The molecule has 0 fully saturated rings. The van der Waals surface area contributed by atoms with Gasteiger partial charge in [0.1, 0.15) is 5.75 Å². The molecule has 0 bridgehead atoms. The van der Waals surface area contributed by atoms with E-state index in [0.717, 1.165) is 11.4 Å². The smallest absolute Gasteiger partial charge is 0.341 e. The number of benzene rings is 2. The lowest BCUT2D eigenvalue weighted by Crippen LogP contribution is -2.37. The minimum absolute atomic E-state index is 0.0247. The fourth-order valence-electron chi connectivity index (χ4n) is 4.21. The molecule has 1 unspecified atom stereocenters. The van der Waals surface area contributed by atoms with Crippen molar-refractivity contribution in [2.24, 2.45) is 0 Å². The van der Waals surface area contributed by atoms with Gasteiger partial charge in [0.2, 0.25) is 11.9 Å². The van der Waals surface area contributed by atoms with Gasteiger partial charge in [-0.2, -0.15) is 5.10 Å². The minimum Gasteiger partial charge on any atom is -0.494 e. The van der Waals surface area contributed by atoms with E-state index in [-0.39, 0.29) is 23.6 Å². The molecule has 0 spiro atoms. The Kier molecular flexibility index (Phi) is 10.3. The average Bonchev–Trinajstić information content (AvgIpc) is 3.56. The number of ether oxygens (including phenoxy) is 2. The van der Waals surface area contributed by atoms with Crippen molar-refractivity contribution in [3.8, 4) is 11.4 Å². The topological polar surface area (TPSA) is 148 Å². The maximum Gasteiger partial charge on any atom is 0.341 e. The highest BCUT2D eigenvalue weighted by Crippen LogP contribution is 2.36. The van der Waals surface area contributed by atoms with E-state index in [4.69, 9.17) is 9.47 Å². The second-order valence-corrected chi connectivity index (χ2v) is 9.51. The van der Waals surface area contributed by atoms with Gasteiger partial charge in [0.15, 0.2) is 0 Å². The molecule has 13 nitrogen and oxygen atoms in total. The van der Waals surface area contributed by atoms with Crippen molar-refractivity contribution in [1.82, 2.24) is 24.6 Å². The third kappa shape index (κ3) is 7.86. The summed E-state index contributed by atoms with van der Waals surface area (Å²) in [6.07, 6.45) is 8.23. The number of nitrogens with zero attached hydrogens (tertiary/aromatic N) is 5. The Bertz CT molecular complexity index is 1540. The number of carbonyl (C=O) groups excluding carboxylic acids is 2. The van der Waals surface area contributed by atoms with Crippen LogP contribution in [0.4, 0.5) is 28.7 Å². The molecule has 224 valence electrons. The molecule has 2 heterocycles. The zero-order valence-electron chi connectivity index (χ0n) is 24.5. The van der Waals surface area contributed by atoms with Crippen molar-refractivity contribution >= 4 is 40.6 Å². The number of amides is 1. The lowest BCUT2D eigenvalue weighted by atomic mass is 10.2. The molecular formula is C30H35N9O4. The summed E-state index contributed by atoms with van der Waals surface area (Å²) in [7, 11) is 6.84. The predicted molar refractivity (Wildman–Crippen MR) is 166 cm³/mol. The van der Waals surface area contributed by atoms with Gasteiger partial charge in [0.25, 0.3) is 0 Å². The van der Waals surface area contributed by atoms with E-state index in [0.29, 0.717) is 35.8 Å². The number of rotatable bonds is 14. The second kappa shape index (κ2) is 14.5. The summed E-state index contributed by atoms with van der Waals surface area (Å²) in [6.45, 7) is 4.12. The van der Waals surface area contributed by atoms with Crippen molar-refractivity contribution in [2.75, 3.05) is 56.1 Å². The zero-order chi connectivity index (χ0) is 30.8. The number of aromatic nitrogens is 4. The molecule has 0 aliphatic carbocycles. The fraction of sp³-hybridized carbons (Fsp3) is 0.233. The molecule has 4 N–H and O–H groups in total. The first-order valence-corrected chi connectivity index (χ1v) is 13.4. The summed E-state index contributed by atoms with van der Waals surface area (Å²) in [6, 6.07) is 13.4. The molecule has 0 aliphatic heterocycles. The zero-order valence-corrected chi connectivity index (χ0v) is 24.5. The van der Waals surface area contributed by atoms with Crippen molar-refractivity contribution < 1.29 is 19.1 Å². The van der Waals surface area contributed by atoms with E-state index in [1.54, 1.807) is 18.3 Å². The monoisotopic (exact) mass is 585 g/mol. The highest BCUT2D eigenvalue weighted by Gasteiger charge is 2.17. The summed E-state index contributed by atoms with van der Waals surface area (Å²) in [4.78, 5) is 34.4. The number of nitrogens with one attached hydrogen (secondary N) is 4. The highest BCUT2D eigenvalue weighted by molar-refractivity contribution is 6.02.